The van der Waals surface area contributed by atoms with Crippen molar-refractivity contribution in [3.8, 4) is 0 Å². The number of halogens is 2. The first-order valence-corrected chi connectivity index (χ1v) is 8.67. The van der Waals surface area contributed by atoms with Gasteiger partial charge in [0.25, 0.3) is 10.0 Å². The molecule has 1 heterocycles. The van der Waals surface area contributed by atoms with Crippen LogP contribution in [0, 0.1) is 9.39 Å². The summed E-state index contributed by atoms with van der Waals surface area (Å²) in [4.78, 5) is 4.07. The summed E-state index contributed by atoms with van der Waals surface area (Å²) in [7, 11) is -3.80. The Morgan fingerprint density at radius 2 is 2.10 bits per heavy atom. The van der Waals surface area contributed by atoms with Crippen molar-refractivity contribution in [2.24, 2.45) is 0 Å². The molecule has 0 bridgehead atoms. The minimum Gasteiger partial charge on any atom is -0.369 e. The summed E-state index contributed by atoms with van der Waals surface area (Å²) in [5.41, 5.74) is 0.323. The summed E-state index contributed by atoms with van der Waals surface area (Å²) >= 11 is 1.87. The average Bonchev–Trinajstić information content (AvgIpc) is 2.43. The van der Waals surface area contributed by atoms with E-state index in [1.807, 2.05) is 29.5 Å². The van der Waals surface area contributed by atoms with E-state index in [4.69, 9.17) is 0 Å². The Morgan fingerprint density at radius 1 is 1.33 bits per heavy atom. The van der Waals surface area contributed by atoms with Crippen LogP contribution in [0.25, 0.3) is 0 Å². The topological polar surface area (TPSA) is 71.1 Å². The van der Waals surface area contributed by atoms with E-state index in [1.54, 1.807) is 6.07 Å². The molecule has 21 heavy (non-hydrogen) atoms. The maximum absolute atomic E-state index is 13.1. The van der Waals surface area contributed by atoms with Crippen molar-refractivity contribution in [3.05, 3.63) is 45.9 Å². The summed E-state index contributed by atoms with van der Waals surface area (Å²) in [6.07, 6.45) is 1.51. The molecule has 0 saturated carbocycles. The fraction of sp³-hybridized carbons (Fsp3) is 0.154. The Hall–Kier alpha value is -1.42. The lowest BCUT2D eigenvalue weighted by Gasteiger charge is -2.13. The molecule has 0 amide bonds. The SMILES string of the molecule is CCNc1ncccc1S(=O)(=O)Nc1ccc(F)cc1I. The van der Waals surface area contributed by atoms with E-state index >= 15 is 0 Å². The zero-order valence-electron chi connectivity index (χ0n) is 11.1. The number of benzene rings is 1. The second-order valence-electron chi connectivity index (χ2n) is 4.11. The minimum absolute atomic E-state index is 0.0481. The van der Waals surface area contributed by atoms with Gasteiger partial charge in [0.2, 0.25) is 0 Å². The van der Waals surface area contributed by atoms with Crippen LogP contribution in [0.4, 0.5) is 15.9 Å². The quantitative estimate of drug-likeness (QED) is 0.729. The molecule has 0 atom stereocenters. The summed E-state index contributed by atoms with van der Waals surface area (Å²) in [5, 5.41) is 2.90. The van der Waals surface area contributed by atoms with Crippen LogP contribution >= 0.6 is 22.6 Å². The maximum Gasteiger partial charge on any atom is 0.265 e. The van der Waals surface area contributed by atoms with Crippen LogP contribution in [0.15, 0.2) is 41.4 Å². The highest BCUT2D eigenvalue weighted by atomic mass is 127. The van der Waals surface area contributed by atoms with Crippen molar-refractivity contribution < 1.29 is 12.8 Å². The van der Waals surface area contributed by atoms with Gasteiger partial charge in [-0.2, -0.15) is 0 Å². The molecule has 8 heteroatoms. The minimum atomic E-state index is -3.80. The smallest absolute Gasteiger partial charge is 0.265 e. The van der Waals surface area contributed by atoms with Gasteiger partial charge in [0.15, 0.2) is 0 Å². The largest absolute Gasteiger partial charge is 0.369 e. The van der Waals surface area contributed by atoms with E-state index < -0.39 is 15.8 Å². The number of nitrogens with zero attached hydrogens (tertiary/aromatic N) is 1. The van der Waals surface area contributed by atoms with Crippen LogP contribution in [0.5, 0.6) is 0 Å². The Kier molecular flexibility index (Phi) is 4.99. The van der Waals surface area contributed by atoms with Crippen LogP contribution < -0.4 is 10.0 Å². The zero-order chi connectivity index (χ0) is 15.5. The van der Waals surface area contributed by atoms with Crippen LogP contribution in [0.3, 0.4) is 0 Å². The molecule has 2 N–H and O–H groups in total. The van der Waals surface area contributed by atoms with Crippen LogP contribution in [-0.2, 0) is 10.0 Å². The average molecular weight is 421 g/mol. The number of anilines is 2. The summed E-state index contributed by atoms with van der Waals surface area (Å²) in [5.74, 6) is -0.137. The molecule has 2 aromatic rings. The van der Waals surface area contributed by atoms with E-state index in [0.717, 1.165) is 0 Å². The molecule has 1 aromatic heterocycles. The maximum atomic E-state index is 13.1. The first-order valence-electron chi connectivity index (χ1n) is 6.11. The van der Waals surface area contributed by atoms with Gasteiger partial charge in [0.05, 0.1) is 5.69 Å². The number of pyridine rings is 1. The number of hydrogen-bond acceptors (Lipinski definition) is 4. The van der Waals surface area contributed by atoms with Crippen molar-refractivity contribution in [2.45, 2.75) is 11.8 Å². The number of aromatic nitrogens is 1. The molecule has 1 aromatic carbocycles. The molecule has 2 rings (SSSR count). The third-order valence-electron chi connectivity index (χ3n) is 2.58. The van der Waals surface area contributed by atoms with E-state index in [9.17, 15) is 12.8 Å². The highest BCUT2D eigenvalue weighted by Crippen LogP contribution is 2.25. The highest BCUT2D eigenvalue weighted by molar-refractivity contribution is 14.1. The number of nitrogens with one attached hydrogen (secondary N) is 2. The lowest BCUT2D eigenvalue weighted by molar-refractivity contribution is 0.601. The fourth-order valence-electron chi connectivity index (χ4n) is 1.68. The fourth-order valence-corrected chi connectivity index (χ4v) is 3.69. The first kappa shape index (κ1) is 16.0. The van der Waals surface area contributed by atoms with E-state index in [0.29, 0.717) is 15.8 Å². The Balaban J connectivity index is 2.39. The Bertz CT molecular complexity index is 753. The number of sulfonamides is 1. The molecular formula is C13H13FIN3O2S. The van der Waals surface area contributed by atoms with E-state index in [2.05, 4.69) is 15.0 Å². The molecular weight excluding hydrogens is 408 g/mol. The molecule has 0 spiro atoms. The summed E-state index contributed by atoms with van der Waals surface area (Å²) in [6, 6.07) is 6.86. The second-order valence-corrected chi connectivity index (χ2v) is 6.92. The van der Waals surface area contributed by atoms with Gasteiger partial charge in [-0.3, -0.25) is 4.72 Å². The predicted octanol–water partition coefficient (Wildman–Crippen LogP) is 3.06. The first-order chi connectivity index (χ1) is 9.94. The molecule has 0 saturated heterocycles. The van der Waals surface area contributed by atoms with Crippen LogP contribution in [0.1, 0.15) is 6.92 Å². The Morgan fingerprint density at radius 3 is 2.76 bits per heavy atom. The number of rotatable bonds is 5. The highest BCUT2D eigenvalue weighted by Gasteiger charge is 2.20. The zero-order valence-corrected chi connectivity index (χ0v) is 14.1. The molecule has 0 aliphatic heterocycles. The predicted molar refractivity (Wildman–Crippen MR) is 88.3 cm³/mol. The van der Waals surface area contributed by atoms with Gasteiger partial charge in [-0.25, -0.2) is 17.8 Å². The van der Waals surface area contributed by atoms with Gasteiger partial charge in [-0.1, -0.05) is 0 Å². The second kappa shape index (κ2) is 6.56. The molecule has 0 radical (unpaired) electrons. The third-order valence-corrected chi connectivity index (χ3v) is 4.87. The van der Waals surface area contributed by atoms with Crippen molar-refractivity contribution in [2.75, 3.05) is 16.6 Å². The van der Waals surface area contributed by atoms with Crippen molar-refractivity contribution in [3.63, 3.8) is 0 Å². The van der Waals surface area contributed by atoms with Gasteiger partial charge < -0.3 is 5.32 Å². The van der Waals surface area contributed by atoms with Crippen molar-refractivity contribution in [1.29, 1.82) is 0 Å². The van der Waals surface area contributed by atoms with Crippen molar-refractivity contribution >= 4 is 44.1 Å². The summed E-state index contributed by atoms with van der Waals surface area (Å²) in [6.45, 7) is 2.40. The molecule has 0 aliphatic carbocycles. The van der Waals surface area contributed by atoms with Crippen LogP contribution in [0.2, 0.25) is 0 Å². The molecule has 0 fully saturated rings. The van der Waals surface area contributed by atoms with Gasteiger partial charge in [-0.05, 0) is 59.8 Å². The summed E-state index contributed by atoms with van der Waals surface area (Å²) < 4.78 is 40.9. The monoisotopic (exact) mass is 421 g/mol. The lowest BCUT2D eigenvalue weighted by atomic mass is 10.3. The lowest BCUT2D eigenvalue weighted by Crippen LogP contribution is -2.16. The van der Waals surface area contributed by atoms with E-state index in [1.165, 1.54) is 30.5 Å². The molecule has 0 unspecified atom stereocenters. The number of hydrogen-bond donors (Lipinski definition) is 2. The van der Waals surface area contributed by atoms with Gasteiger partial charge >= 0.3 is 0 Å². The van der Waals surface area contributed by atoms with E-state index in [-0.39, 0.29) is 10.7 Å². The standard InChI is InChI=1S/C13H13FIN3O2S/c1-2-16-13-12(4-3-7-17-13)21(19,20)18-11-6-5-9(14)8-10(11)15/h3-8,18H,2H2,1H3,(H,16,17). The van der Waals surface area contributed by atoms with Gasteiger partial charge in [0, 0.05) is 16.3 Å². The van der Waals surface area contributed by atoms with Gasteiger partial charge in [0.1, 0.15) is 16.5 Å². The molecule has 5 nitrogen and oxygen atoms in total. The molecule has 112 valence electrons. The normalized spacial score (nSPS) is 11.2. The third kappa shape index (κ3) is 3.82. The van der Waals surface area contributed by atoms with Crippen LogP contribution in [-0.4, -0.2) is 19.9 Å². The Labute approximate surface area is 136 Å². The van der Waals surface area contributed by atoms with Crippen molar-refractivity contribution in [1.82, 2.24) is 4.98 Å². The molecule has 0 aliphatic rings. The van der Waals surface area contributed by atoms with Gasteiger partial charge in [-0.15, -0.1) is 0 Å².